The Morgan fingerprint density at radius 3 is 2.52 bits per heavy atom. The van der Waals surface area contributed by atoms with Crippen LogP contribution in [0.2, 0.25) is 0 Å². The maximum Gasteiger partial charge on any atom is 0.417 e. The summed E-state index contributed by atoms with van der Waals surface area (Å²) in [5.74, 6) is -1.20. The van der Waals surface area contributed by atoms with Crippen LogP contribution in [0.4, 0.5) is 17.6 Å². The highest BCUT2D eigenvalue weighted by atomic mass is 32.2. The highest BCUT2D eigenvalue weighted by Gasteiger charge is 2.38. The molecule has 0 amide bonds. The second kappa shape index (κ2) is 6.04. The van der Waals surface area contributed by atoms with Gasteiger partial charge in [-0.2, -0.15) is 18.4 Å². The van der Waals surface area contributed by atoms with Crippen LogP contribution in [-0.2, 0) is 6.18 Å². The van der Waals surface area contributed by atoms with Gasteiger partial charge in [-0.3, -0.25) is 4.79 Å². The van der Waals surface area contributed by atoms with Gasteiger partial charge in [0.15, 0.2) is 5.16 Å². The van der Waals surface area contributed by atoms with E-state index >= 15 is 0 Å². The fourth-order valence-corrected chi connectivity index (χ4v) is 2.49. The minimum absolute atomic E-state index is 0.0157. The van der Waals surface area contributed by atoms with Crippen LogP contribution >= 0.6 is 11.8 Å². The van der Waals surface area contributed by atoms with Crippen molar-refractivity contribution in [3.63, 3.8) is 0 Å². The molecule has 0 spiro atoms. The van der Waals surface area contributed by atoms with Crippen molar-refractivity contribution < 1.29 is 17.6 Å². The van der Waals surface area contributed by atoms with Crippen molar-refractivity contribution in [2.45, 2.75) is 18.3 Å². The molecule has 0 fully saturated rings. The van der Waals surface area contributed by atoms with E-state index in [1.807, 2.05) is 0 Å². The molecular weight excluding hydrogens is 334 g/mol. The molecule has 0 aliphatic heterocycles. The molecule has 1 aromatic heterocycles. The maximum atomic E-state index is 14.2. The first-order chi connectivity index (χ1) is 10.7. The van der Waals surface area contributed by atoms with Crippen molar-refractivity contribution in [1.82, 2.24) is 9.97 Å². The van der Waals surface area contributed by atoms with Crippen LogP contribution in [-0.4, -0.2) is 16.2 Å². The molecule has 9 heteroatoms. The summed E-state index contributed by atoms with van der Waals surface area (Å²) in [6.45, 7) is 1.17. The van der Waals surface area contributed by atoms with Crippen LogP contribution in [0.5, 0.6) is 0 Å². The molecule has 1 N–H and O–H groups in total. The van der Waals surface area contributed by atoms with Crippen molar-refractivity contribution in [2.24, 2.45) is 0 Å². The van der Waals surface area contributed by atoms with Gasteiger partial charge in [-0.05, 0) is 24.8 Å². The molecule has 0 saturated heterocycles. The third-order valence-corrected chi connectivity index (χ3v) is 3.67. The monoisotopic (exact) mass is 343 g/mol. The molecule has 0 aliphatic carbocycles. The number of halogens is 4. The van der Waals surface area contributed by atoms with Gasteiger partial charge < -0.3 is 4.98 Å². The van der Waals surface area contributed by atoms with Gasteiger partial charge in [0.05, 0.1) is 11.1 Å². The predicted molar refractivity (Wildman–Crippen MR) is 76.5 cm³/mol. The van der Waals surface area contributed by atoms with E-state index in [4.69, 9.17) is 5.26 Å². The van der Waals surface area contributed by atoms with Crippen LogP contribution in [0.25, 0.3) is 11.3 Å². The molecule has 0 unspecified atom stereocenters. The average molecular weight is 343 g/mol. The smallest absolute Gasteiger partial charge is 0.300 e. The Kier molecular flexibility index (Phi) is 4.47. The molecular formula is C14H9F4N3OS. The first-order valence-corrected chi connectivity index (χ1v) is 7.38. The Hall–Kier alpha value is -2.34. The summed E-state index contributed by atoms with van der Waals surface area (Å²) in [5.41, 5.74) is -4.58. The lowest BCUT2D eigenvalue weighted by atomic mass is 9.96. The van der Waals surface area contributed by atoms with Crippen molar-refractivity contribution in [3.8, 4) is 17.3 Å². The Bertz CT molecular complexity index is 868. The van der Waals surface area contributed by atoms with Gasteiger partial charge in [0.25, 0.3) is 5.56 Å². The molecule has 2 aromatic rings. The quantitative estimate of drug-likeness (QED) is 0.515. The van der Waals surface area contributed by atoms with E-state index in [1.54, 1.807) is 0 Å². The number of aromatic amines is 1. The van der Waals surface area contributed by atoms with Gasteiger partial charge >= 0.3 is 6.18 Å². The second-order valence-electron chi connectivity index (χ2n) is 4.52. The number of aromatic nitrogens is 2. The van der Waals surface area contributed by atoms with Gasteiger partial charge in [0, 0.05) is 0 Å². The first kappa shape index (κ1) is 17.0. The minimum Gasteiger partial charge on any atom is -0.300 e. The Balaban J connectivity index is 2.99. The SMILES string of the molecule is CSc1nc(-c2c(F)ccc(C)c2C(F)(F)F)c(C#N)c(=O)[nH]1. The number of H-pyrrole nitrogens is 1. The number of hydrogen-bond donors (Lipinski definition) is 1. The molecule has 0 aliphatic rings. The van der Waals surface area contributed by atoms with E-state index in [0.29, 0.717) is 0 Å². The fraction of sp³-hybridized carbons (Fsp3) is 0.214. The van der Waals surface area contributed by atoms with Crippen molar-refractivity contribution in [2.75, 3.05) is 6.26 Å². The normalized spacial score (nSPS) is 11.3. The van der Waals surface area contributed by atoms with Crippen LogP contribution < -0.4 is 5.56 Å². The van der Waals surface area contributed by atoms with E-state index in [-0.39, 0.29) is 10.7 Å². The molecule has 0 atom stereocenters. The molecule has 1 aromatic carbocycles. The zero-order valence-electron chi connectivity index (χ0n) is 11.9. The zero-order chi connectivity index (χ0) is 17.4. The van der Waals surface area contributed by atoms with Crippen molar-refractivity contribution >= 4 is 11.8 Å². The molecule has 4 nitrogen and oxygen atoms in total. The van der Waals surface area contributed by atoms with Crippen molar-refractivity contribution in [3.05, 3.63) is 45.0 Å². The molecule has 0 saturated carbocycles. The highest BCUT2D eigenvalue weighted by molar-refractivity contribution is 7.98. The minimum atomic E-state index is -4.86. The molecule has 0 radical (unpaired) electrons. The molecule has 1 heterocycles. The van der Waals surface area contributed by atoms with E-state index < -0.39 is 39.9 Å². The standard InChI is InChI=1S/C14H9F4N3OS/c1-6-3-4-8(15)9(10(6)14(16,17)18)11-7(5-19)12(22)21-13(20-11)23-2/h3-4H,1-2H3,(H,20,21,22). The summed E-state index contributed by atoms with van der Waals surface area (Å²) >= 11 is 0.955. The number of nitriles is 1. The maximum absolute atomic E-state index is 14.2. The Morgan fingerprint density at radius 1 is 1.35 bits per heavy atom. The predicted octanol–water partition coefficient (Wildman–Crippen LogP) is 3.50. The Morgan fingerprint density at radius 2 is 2.00 bits per heavy atom. The summed E-state index contributed by atoms with van der Waals surface area (Å²) < 4.78 is 54.1. The number of nitrogens with zero attached hydrogens (tertiary/aromatic N) is 2. The Labute approximate surface area is 132 Å². The van der Waals surface area contributed by atoms with Crippen LogP contribution in [0.3, 0.4) is 0 Å². The van der Waals surface area contributed by atoms with E-state index in [9.17, 15) is 22.4 Å². The number of rotatable bonds is 2. The van der Waals surface area contributed by atoms with Gasteiger partial charge in [-0.15, -0.1) is 0 Å². The largest absolute Gasteiger partial charge is 0.417 e. The summed E-state index contributed by atoms with van der Waals surface area (Å²) in [7, 11) is 0. The molecule has 23 heavy (non-hydrogen) atoms. The summed E-state index contributed by atoms with van der Waals surface area (Å²) in [6.07, 6.45) is -3.33. The number of aryl methyl sites for hydroxylation is 1. The van der Waals surface area contributed by atoms with E-state index in [2.05, 4.69) is 9.97 Å². The highest BCUT2D eigenvalue weighted by Crippen LogP contribution is 2.40. The fourth-order valence-electron chi connectivity index (χ4n) is 2.11. The molecule has 0 bridgehead atoms. The lowest BCUT2D eigenvalue weighted by molar-refractivity contribution is -0.137. The van der Waals surface area contributed by atoms with Gasteiger partial charge in [0.2, 0.25) is 0 Å². The molecule has 2 rings (SSSR count). The average Bonchev–Trinajstić information content (AvgIpc) is 2.47. The van der Waals surface area contributed by atoms with E-state index in [1.165, 1.54) is 19.2 Å². The van der Waals surface area contributed by atoms with Gasteiger partial charge in [0.1, 0.15) is 23.1 Å². The number of thioether (sulfide) groups is 1. The van der Waals surface area contributed by atoms with Gasteiger partial charge in [-0.25, -0.2) is 9.37 Å². The number of hydrogen-bond acceptors (Lipinski definition) is 4. The van der Waals surface area contributed by atoms with Gasteiger partial charge in [-0.1, -0.05) is 17.8 Å². The second-order valence-corrected chi connectivity index (χ2v) is 5.32. The summed E-state index contributed by atoms with van der Waals surface area (Å²) in [5, 5.41) is 9.04. The van der Waals surface area contributed by atoms with Crippen LogP contribution in [0.15, 0.2) is 22.1 Å². The topological polar surface area (TPSA) is 69.5 Å². The summed E-state index contributed by atoms with van der Waals surface area (Å²) in [6, 6.07) is 3.32. The first-order valence-electron chi connectivity index (χ1n) is 6.15. The van der Waals surface area contributed by atoms with Crippen LogP contribution in [0.1, 0.15) is 16.7 Å². The molecule has 120 valence electrons. The zero-order valence-corrected chi connectivity index (χ0v) is 12.7. The number of alkyl halides is 3. The third kappa shape index (κ3) is 3.07. The lowest BCUT2D eigenvalue weighted by Gasteiger charge is -2.16. The lowest BCUT2D eigenvalue weighted by Crippen LogP contribution is -2.18. The van der Waals surface area contributed by atoms with E-state index in [0.717, 1.165) is 23.9 Å². The third-order valence-electron chi connectivity index (χ3n) is 3.09. The van der Waals surface area contributed by atoms with Crippen molar-refractivity contribution in [1.29, 1.82) is 5.26 Å². The number of nitrogens with one attached hydrogen (secondary N) is 1. The number of benzene rings is 1. The summed E-state index contributed by atoms with van der Waals surface area (Å²) in [4.78, 5) is 17.9. The van der Waals surface area contributed by atoms with Crippen LogP contribution in [0, 0.1) is 24.1 Å².